The number of rotatable bonds is 3. The molecule has 0 aromatic carbocycles. The highest BCUT2D eigenvalue weighted by Crippen LogP contribution is 1.88. The third kappa shape index (κ3) is 4.32. The molecule has 0 aromatic rings. The maximum atomic E-state index is 10.9. The van der Waals surface area contributed by atoms with Gasteiger partial charge in [-0.05, 0) is 6.92 Å². The van der Waals surface area contributed by atoms with Crippen molar-refractivity contribution in [2.75, 3.05) is 0 Å². The van der Waals surface area contributed by atoms with Gasteiger partial charge in [0.05, 0.1) is 0 Å². The molecule has 0 rings (SSSR count). The minimum absolute atomic E-state index is 0.123. The van der Waals surface area contributed by atoms with Gasteiger partial charge in [0.1, 0.15) is 9.68 Å². The number of amides is 1. The fourth-order valence-electron chi connectivity index (χ4n) is 0.481. The molecule has 0 radical (unpaired) electrons. The molecule has 0 fully saturated rings. The second-order valence-electron chi connectivity index (χ2n) is 2.47. The van der Waals surface area contributed by atoms with Crippen LogP contribution >= 0.6 is 0 Å². The van der Waals surface area contributed by atoms with Crippen LogP contribution in [0.4, 0.5) is 0 Å². The predicted octanol–water partition coefficient (Wildman–Crippen LogP) is 0.376. The van der Waals surface area contributed by atoms with Crippen LogP contribution in [0.2, 0.25) is 0 Å². The van der Waals surface area contributed by atoms with Crippen LogP contribution in [0.1, 0.15) is 20.8 Å². The Labute approximate surface area is 64.6 Å². The number of hydrogen-bond acceptors (Lipinski definition) is 1. The van der Waals surface area contributed by atoms with Crippen LogP contribution in [0, 0.1) is 5.92 Å². The molecule has 0 heterocycles. The SMILES string of the molecule is CC=C[SiH2]NC(=O)C(C)C. The highest BCUT2D eigenvalue weighted by Gasteiger charge is 2.02. The lowest BCUT2D eigenvalue weighted by Gasteiger charge is -2.03. The van der Waals surface area contributed by atoms with E-state index in [0.717, 1.165) is 0 Å². The van der Waals surface area contributed by atoms with Crippen molar-refractivity contribution in [3.8, 4) is 0 Å². The molecule has 0 atom stereocenters. The Bertz CT molecular complexity index is 132. The average Bonchev–Trinajstić information content (AvgIpc) is 1.88. The summed E-state index contributed by atoms with van der Waals surface area (Å²) in [5.41, 5.74) is 2.06. The summed E-state index contributed by atoms with van der Waals surface area (Å²) in [6, 6.07) is 0. The fraction of sp³-hybridized carbons (Fsp3) is 0.571. The molecule has 0 spiro atoms. The van der Waals surface area contributed by atoms with Crippen molar-refractivity contribution in [1.29, 1.82) is 0 Å². The Kier molecular flexibility index (Phi) is 4.93. The van der Waals surface area contributed by atoms with E-state index >= 15 is 0 Å². The maximum Gasteiger partial charge on any atom is 0.214 e. The monoisotopic (exact) mass is 157 g/mol. The highest BCUT2D eigenvalue weighted by molar-refractivity contribution is 6.43. The second kappa shape index (κ2) is 5.23. The molecule has 1 N–H and O–H groups in total. The fourth-order valence-corrected chi connectivity index (χ4v) is 1.44. The van der Waals surface area contributed by atoms with Crippen LogP contribution in [0.5, 0.6) is 0 Å². The van der Waals surface area contributed by atoms with Gasteiger partial charge in [-0.1, -0.05) is 25.6 Å². The van der Waals surface area contributed by atoms with E-state index in [1.54, 1.807) is 0 Å². The molecule has 0 bridgehead atoms. The van der Waals surface area contributed by atoms with Crippen molar-refractivity contribution in [3.63, 3.8) is 0 Å². The molecule has 0 aliphatic heterocycles. The normalized spacial score (nSPS) is 12.0. The average molecular weight is 157 g/mol. The Morgan fingerprint density at radius 1 is 1.60 bits per heavy atom. The Morgan fingerprint density at radius 3 is 2.60 bits per heavy atom. The van der Waals surface area contributed by atoms with Gasteiger partial charge in [0, 0.05) is 5.92 Å². The first-order valence-corrected chi connectivity index (χ1v) is 5.09. The summed E-state index contributed by atoms with van der Waals surface area (Å²) in [5.74, 6) is 0.294. The Balaban J connectivity index is 3.40. The van der Waals surface area contributed by atoms with Crippen molar-refractivity contribution in [1.82, 2.24) is 4.98 Å². The highest BCUT2D eigenvalue weighted by atomic mass is 28.2. The molecule has 0 saturated heterocycles. The first-order valence-electron chi connectivity index (χ1n) is 3.57. The number of carbonyl (C=O) groups excluding carboxylic acids is 1. The van der Waals surface area contributed by atoms with Crippen molar-refractivity contribution in [2.24, 2.45) is 5.92 Å². The second-order valence-corrected chi connectivity index (χ2v) is 3.70. The molecular weight excluding hydrogens is 142 g/mol. The molecule has 10 heavy (non-hydrogen) atoms. The van der Waals surface area contributed by atoms with Crippen molar-refractivity contribution < 1.29 is 4.79 Å². The molecule has 0 aliphatic rings. The molecule has 3 heteroatoms. The van der Waals surface area contributed by atoms with E-state index in [4.69, 9.17) is 0 Å². The van der Waals surface area contributed by atoms with E-state index in [-0.39, 0.29) is 11.8 Å². The van der Waals surface area contributed by atoms with Gasteiger partial charge in [-0.25, -0.2) is 0 Å². The van der Waals surface area contributed by atoms with E-state index in [1.807, 2.05) is 26.8 Å². The quantitative estimate of drug-likeness (QED) is 0.589. The van der Waals surface area contributed by atoms with Gasteiger partial charge in [0.25, 0.3) is 0 Å². The van der Waals surface area contributed by atoms with E-state index < -0.39 is 9.68 Å². The minimum Gasteiger partial charge on any atom is -0.384 e. The third-order valence-electron chi connectivity index (χ3n) is 1.15. The van der Waals surface area contributed by atoms with Crippen LogP contribution in [-0.2, 0) is 4.79 Å². The summed E-state index contributed by atoms with van der Waals surface area (Å²) < 4.78 is 0. The lowest BCUT2D eigenvalue weighted by Crippen LogP contribution is -2.30. The van der Waals surface area contributed by atoms with E-state index in [1.165, 1.54) is 0 Å². The van der Waals surface area contributed by atoms with Gasteiger partial charge < -0.3 is 4.98 Å². The first kappa shape index (κ1) is 9.43. The van der Waals surface area contributed by atoms with Crippen molar-refractivity contribution >= 4 is 15.6 Å². The van der Waals surface area contributed by atoms with Gasteiger partial charge in [-0.3, -0.25) is 4.79 Å². The summed E-state index contributed by atoms with van der Waals surface area (Å²) in [6.45, 7) is 5.77. The molecule has 0 aromatic heterocycles. The lowest BCUT2D eigenvalue weighted by atomic mass is 10.2. The molecule has 0 unspecified atom stereocenters. The van der Waals surface area contributed by atoms with Crippen molar-refractivity contribution in [3.05, 3.63) is 11.8 Å². The van der Waals surface area contributed by atoms with Gasteiger partial charge in [-0.2, -0.15) is 0 Å². The van der Waals surface area contributed by atoms with Crippen LogP contribution in [0.25, 0.3) is 0 Å². The molecule has 0 aliphatic carbocycles. The van der Waals surface area contributed by atoms with E-state index in [9.17, 15) is 4.79 Å². The Morgan fingerprint density at radius 2 is 2.20 bits per heavy atom. The third-order valence-corrected chi connectivity index (χ3v) is 2.41. The van der Waals surface area contributed by atoms with Gasteiger partial charge >= 0.3 is 0 Å². The summed E-state index contributed by atoms with van der Waals surface area (Å²) in [5, 5.41) is 0. The summed E-state index contributed by atoms with van der Waals surface area (Å²) in [4.78, 5) is 13.8. The smallest absolute Gasteiger partial charge is 0.214 e. The molecule has 0 saturated carbocycles. The van der Waals surface area contributed by atoms with Gasteiger partial charge in [0.15, 0.2) is 0 Å². The number of hydrogen-bond donors (Lipinski definition) is 1. The van der Waals surface area contributed by atoms with E-state index in [0.29, 0.717) is 0 Å². The molecule has 1 amide bonds. The number of allylic oxidation sites excluding steroid dienone is 1. The molecule has 2 nitrogen and oxygen atoms in total. The van der Waals surface area contributed by atoms with Crippen LogP contribution < -0.4 is 4.98 Å². The van der Waals surface area contributed by atoms with E-state index in [2.05, 4.69) is 10.7 Å². The largest absolute Gasteiger partial charge is 0.384 e. The summed E-state index contributed by atoms with van der Waals surface area (Å²) in [7, 11) is -0.459. The molecule has 58 valence electrons. The number of carbonyl (C=O) groups is 1. The first-order chi connectivity index (χ1) is 4.68. The standard InChI is InChI=1S/C7H15NOSi/c1-4-5-10-8-7(9)6(2)3/h4-6H,10H2,1-3H3,(H,8,9). The molecular formula is C7H15NOSi. The zero-order valence-electron chi connectivity index (χ0n) is 6.85. The Hall–Kier alpha value is -0.573. The zero-order chi connectivity index (χ0) is 7.98. The van der Waals surface area contributed by atoms with Crippen LogP contribution in [-0.4, -0.2) is 15.6 Å². The summed E-state index contributed by atoms with van der Waals surface area (Å²) in [6.07, 6.45) is 1.98. The summed E-state index contributed by atoms with van der Waals surface area (Å²) >= 11 is 0. The lowest BCUT2D eigenvalue weighted by molar-refractivity contribution is -0.122. The van der Waals surface area contributed by atoms with Crippen molar-refractivity contribution in [2.45, 2.75) is 20.8 Å². The predicted molar refractivity (Wildman–Crippen MR) is 46.3 cm³/mol. The number of nitrogens with one attached hydrogen (secondary N) is 1. The van der Waals surface area contributed by atoms with Crippen LogP contribution in [0.3, 0.4) is 0 Å². The topological polar surface area (TPSA) is 29.1 Å². The maximum absolute atomic E-state index is 10.9. The van der Waals surface area contributed by atoms with Gasteiger partial charge in [0.2, 0.25) is 5.91 Å². The minimum atomic E-state index is -0.459. The van der Waals surface area contributed by atoms with Gasteiger partial charge in [-0.15, -0.1) is 0 Å². The zero-order valence-corrected chi connectivity index (χ0v) is 8.26. The van der Waals surface area contributed by atoms with Crippen LogP contribution in [0.15, 0.2) is 11.8 Å².